The first-order chi connectivity index (χ1) is 11.2. The van der Waals surface area contributed by atoms with Crippen molar-refractivity contribution >= 4 is 28.6 Å². The Bertz CT molecular complexity index is 1010. The molecule has 0 radical (unpaired) electrons. The molecular weight excluding hydrogens is 312 g/mol. The number of hydrazone groups is 1. The SMILES string of the molecule is CC(=O)[C@H](C)N1N=C(C)[C@H](C)n2c1nc1c2c(=O)n(C)c(=O)n1C. The number of aromatic nitrogens is 4. The van der Waals surface area contributed by atoms with Gasteiger partial charge in [-0.05, 0) is 27.7 Å². The summed E-state index contributed by atoms with van der Waals surface area (Å²) in [5.74, 6) is 0.325. The maximum atomic E-state index is 12.7. The van der Waals surface area contributed by atoms with Gasteiger partial charge in [-0.3, -0.25) is 23.3 Å². The Labute approximate surface area is 137 Å². The number of carbonyl (C=O) groups is 1. The fraction of sp³-hybridized carbons (Fsp3) is 0.533. The van der Waals surface area contributed by atoms with Gasteiger partial charge in [-0.15, -0.1) is 0 Å². The van der Waals surface area contributed by atoms with Crippen molar-refractivity contribution in [2.75, 3.05) is 5.01 Å². The summed E-state index contributed by atoms with van der Waals surface area (Å²) >= 11 is 0. The smallest absolute Gasteiger partial charge is 0.298 e. The zero-order valence-corrected chi connectivity index (χ0v) is 14.6. The van der Waals surface area contributed by atoms with Crippen LogP contribution in [0.15, 0.2) is 14.7 Å². The van der Waals surface area contributed by atoms with E-state index >= 15 is 0 Å². The molecule has 0 saturated carbocycles. The van der Waals surface area contributed by atoms with E-state index in [9.17, 15) is 14.4 Å². The molecule has 0 saturated heterocycles. The molecule has 2 aromatic heterocycles. The topological polar surface area (TPSA) is 94.5 Å². The van der Waals surface area contributed by atoms with Crippen molar-refractivity contribution in [3.8, 4) is 0 Å². The van der Waals surface area contributed by atoms with Crippen LogP contribution >= 0.6 is 0 Å². The molecule has 3 rings (SSSR count). The van der Waals surface area contributed by atoms with Crippen molar-refractivity contribution in [1.29, 1.82) is 0 Å². The third-order valence-corrected chi connectivity index (χ3v) is 4.69. The summed E-state index contributed by atoms with van der Waals surface area (Å²) in [5.41, 5.74) is 0.516. The second kappa shape index (κ2) is 5.15. The number of anilines is 1. The minimum Gasteiger partial charge on any atom is -0.298 e. The van der Waals surface area contributed by atoms with E-state index < -0.39 is 17.3 Å². The van der Waals surface area contributed by atoms with Crippen molar-refractivity contribution in [1.82, 2.24) is 18.7 Å². The van der Waals surface area contributed by atoms with Gasteiger partial charge in [0.2, 0.25) is 5.95 Å². The molecule has 0 fully saturated rings. The predicted octanol–water partition coefficient (Wildman–Crippen LogP) is 0.168. The standard InChI is InChI=1S/C15H20N6O3/c1-7-8(2)20-11-12(18(5)15(24)19(6)13(11)23)16-14(20)21(17-7)9(3)10(4)22/h8-9H,1-6H3/t8-,9-/m0/s1. The normalized spacial score (nSPS) is 18.5. The highest BCUT2D eigenvalue weighted by Gasteiger charge is 2.33. The van der Waals surface area contributed by atoms with E-state index in [1.807, 2.05) is 13.8 Å². The third kappa shape index (κ3) is 1.97. The molecule has 9 nitrogen and oxygen atoms in total. The van der Waals surface area contributed by atoms with Crippen LogP contribution in [0, 0.1) is 0 Å². The van der Waals surface area contributed by atoms with Crippen LogP contribution in [-0.2, 0) is 18.9 Å². The predicted molar refractivity (Wildman–Crippen MR) is 90.7 cm³/mol. The van der Waals surface area contributed by atoms with E-state index in [0.717, 1.165) is 10.3 Å². The number of fused-ring (bicyclic) bond motifs is 3. The fourth-order valence-electron chi connectivity index (χ4n) is 2.85. The van der Waals surface area contributed by atoms with Gasteiger partial charge in [0.25, 0.3) is 5.56 Å². The largest absolute Gasteiger partial charge is 0.332 e. The minimum atomic E-state index is -0.524. The summed E-state index contributed by atoms with van der Waals surface area (Å²) in [6.07, 6.45) is 0. The van der Waals surface area contributed by atoms with Gasteiger partial charge in [-0.2, -0.15) is 10.1 Å². The average Bonchev–Trinajstić information content (AvgIpc) is 2.94. The number of rotatable bonds is 2. The molecule has 0 spiro atoms. The van der Waals surface area contributed by atoms with Crippen LogP contribution in [0.1, 0.15) is 33.7 Å². The lowest BCUT2D eigenvalue weighted by Crippen LogP contribution is -2.41. The average molecular weight is 332 g/mol. The summed E-state index contributed by atoms with van der Waals surface area (Å²) in [4.78, 5) is 41.1. The van der Waals surface area contributed by atoms with Gasteiger partial charge in [0.15, 0.2) is 16.9 Å². The van der Waals surface area contributed by atoms with Crippen molar-refractivity contribution in [2.45, 2.75) is 39.8 Å². The summed E-state index contributed by atoms with van der Waals surface area (Å²) < 4.78 is 4.14. The van der Waals surface area contributed by atoms with Gasteiger partial charge >= 0.3 is 5.69 Å². The molecule has 2 atom stereocenters. The molecule has 128 valence electrons. The highest BCUT2D eigenvalue weighted by molar-refractivity contribution is 5.93. The maximum absolute atomic E-state index is 12.7. The van der Waals surface area contributed by atoms with E-state index in [0.29, 0.717) is 11.5 Å². The van der Waals surface area contributed by atoms with Gasteiger partial charge in [-0.25, -0.2) is 9.80 Å². The summed E-state index contributed by atoms with van der Waals surface area (Å²) in [5, 5.41) is 5.99. The zero-order chi connectivity index (χ0) is 17.9. The van der Waals surface area contributed by atoms with Crippen LogP contribution in [0.5, 0.6) is 0 Å². The van der Waals surface area contributed by atoms with Crippen LogP contribution in [0.4, 0.5) is 5.95 Å². The Hall–Kier alpha value is -2.71. The van der Waals surface area contributed by atoms with Crippen LogP contribution < -0.4 is 16.3 Å². The zero-order valence-electron chi connectivity index (χ0n) is 14.6. The number of hydrogen-bond donors (Lipinski definition) is 0. The molecule has 24 heavy (non-hydrogen) atoms. The fourth-order valence-corrected chi connectivity index (χ4v) is 2.85. The Balaban J connectivity index is 2.45. The molecule has 0 bridgehead atoms. The van der Waals surface area contributed by atoms with Crippen LogP contribution in [0.3, 0.4) is 0 Å². The molecule has 9 heteroatoms. The highest BCUT2D eigenvalue weighted by atomic mass is 16.2. The molecule has 2 aromatic rings. The lowest BCUT2D eigenvalue weighted by molar-refractivity contribution is -0.118. The van der Waals surface area contributed by atoms with Crippen molar-refractivity contribution < 1.29 is 4.79 Å². The molecule has 0 N–H and O–H groups in total. The van der Waals surface area contributed by atoms with E-state index in [2.05, 4.69) is 10.1 Å². The number of hydrogen-bond acceptors (Lipinski definition) is 6. The molecule has 1 aliphatic rings. The third-order valence-electron chi connectivity index (χ3n) is 4.69. The van der Waals surface area contributed by atoms with Crippen molar-refractivity contribution in [2.24, 2.45) is 19.2 Å². The molecule has 0 amide bonds. The van der Waals surface area contributed by atoms with Gasteiger partial charge in [0.1, 0.15) is 6.04 Å². The Morgan fingerprint density at radius 3 is 2.42 bits per heavy atom. The summed E-state index contributed by atoms with van der Waals surface area (Å²) in [6, 6.07) is -0.727. The van der Waals surface area contributed by atoms with Gasteiger partial charge in [0.05, 0.1) is 11.8 Å². The van der Waals surface area contributed by atoms with E-state index in [1.54, 1.807) is 18.5 Å². The number of nitrogens with zero attached hydrogens (tertiary/aromatic N) is 6. The lowest BCUT2D eigenvalue weighted by Gasteiger charge is -2.31. The molecule has 0 unspecified atom stereocenters. The maximum Gasteiger partial charge on any atom is 0.332 e. The van der Waals surface area contributed by atoms with E-state index in [1.165, 1.54) is 23.5 Å². The molecule has 0 aliphatic carbocycles. The van der Waals surface area contributed by atoms with E-state index in [4.69, 9.17) is 0 Å². The first kappa shape index (κ1) is 16.2. The van der Waals surface area contributed by atoms with Gasteiger partial charge < -0.3 is 0 Å². The summed E-state index contributed by atoms with van der Waals surface area (Å²) in [7, 11) is 3.01. The Kier molecular flexibility index (Phi) is 3.47. The minimum absolute atomic E-state index is 0.0681. The molecule has 3 heterocycles. The summed E-state index contributed by atoms with van der Waals surface area (Å²) in [6.45, 7) is 6.96. The number of imidazole rings is 1. The van der Waals surface area contributed by atoms with Crippen molar-refractivity contribution in [3.63, 3.8) is 0 Å². The molecule has 1 aliphatic heterocycles. The Morgan fingerprint density at radius 2 is 1.83 bits per heavy atom. The van der Waals surface area contributed by atoms with Crippen LogP contribution in [-0.4, -0.2) is 36.2 Å². The monoisotopic (exact) mass is 332 g/mol. The second-order valence-electron chi connectivity index (χ2n) is 6.21. The van der Waals surface area contributed by atoms with Crippen molar-refractivity contribution in [3.05, 3.63) is 20.8 Å². The number of Topliss-reactive ketones (excluding diaryl/α,β-unsaturated/α-hetero) is 1. The quantitative estimate of drug-likeness (QED) is 0.781. The number of ketones is 1. The molecular formula is C15H20N6O3. The van der Waals surface area contributed by atoms with Gasteiger partial charge in [0, 0.05) is 14.1 Å². The first-order valence-corrected chi connectivity index (χ1v) is 7.69. The number of aryl methyl sites for hydroxylation is 1. The second-order valence-corrected chi connectivity index (χ2v) is 6.21. The lowest BCUT2D eigenvalue weighted by atomic mass is 10.2. The van der Waals surface area contributed by atoms with Gasteiger partial charge in [-0.1, -0.05) is 0 Å². The van der Waals surface area contributed by atoms with E-state index in [-0.39, 0.29) is 17.5 Å². The molecule has 0 aromatic carbocycles. The van der Waals surface area contributed by atoms with Crippen LogP contribution in [0.2, 0.25) is 0 Å². The Morgan fingerprint density at radius 1 is 1.21 bits per heavy atom. The highest BCUT2D eigenvalue weighted by Crippen LogP contribution is 2.31. The number of carbonyl (C=O) groups excluding carboxylic acids is 1. The first-order valence-electron chi connectivity index (χ1n) is 7.69. The van der Waals surface area contributed by atoms with Crippen LogP contribution in [0.25, 0.3) is 11.2 Å².